The molecule has 18 heavy (non-hydrogen) atoms. The van der Waals surface area contributed by atoms with Crippen LogP contribution in [0.1, 0.15) is 59.3 Å². The van der Waals surface area contributed by atoms with Gasteiger partial charge in [0.25, 0.3) is 0 Å². The second kappa shape index (κ2) is 5.94. The van der Waals surface area contributed by atoms with Gasteiger partial charge in [0.2, 0.25) is 0 Å². The predicted molar refractivity (Wildman–Crippen MR) is 74.5 cm³/mol. The van der Waals surface area contributed by atoms with Gasteiger partial charge in [-0.25, -0.2) is 4.79 Å². The summed E-state index contributed by atoms with van der Waals surface area (Å²) in [6, 6.07) is 0.971. The molecule has 104 valence electrons. The zero-order valence-corrected chi connectivity index (χ0v) is 12.1. The van der Waals surface area contributed by atoms with Gasteiger partial charge in [0.1, 0.15) is 0 Å². The summed E-state index contributed by atoms with van der Waals surface area (Å²) in [6.45, 7) is 7.66. The van der Waals surface area contributed by atoms with E-state index < -0.39 is 0 Å². The molecule has 0 aromatic rings. The zero-order chi connectivity index (χ0) is 13.1. The third-order valence-corrected chi connectivity index (χ3v) is 4.82. The fraction of sp³-hybridized carbons (Fsp3) is 0.933. The Bertz CT molecular complexity index is 292. The van der Waals surface area contributed by atoms with Gasteiger partial charge in [0, 0.05) is 18.6 Å². The van der Waals surface area contributed by atoms with Crippen LogP contribution < -0.4 is 5.32 Å². The van der Waals surface area contributed by atoms with Gasteiger partial charge in [0.15, 0.2) is 0 Å². The van der Waals surface area contributed by atoms with Gasteiger partial charge in [-0.05, 0) is 44.4 Å². The van der Waals surface area contributed by atoms with E-state index in [2.05, 4.69) is 26.1 Å². The van der Waals surface area contributed by atoms with Gasteiger partial charge in [-0.3, -0.25) is 0 Å². The molecular weight excluding hydrogens is 224 g/mol. The summed E-state index contributed by atoms with van der Waals surface area (Å²) >= 11 is 0. The number of piperidine rings is 1. The molecule has 4 atom stereocenters. The van der Waals surface area contributed by atoms with Crippen molar-refractivity contribution < 1.29 is 4.79 Å². The highest BCUT2D eigenvalue weighted by atomic mass is 16.2. The molecule has 1 saturated heterocycles. The Hall–Kier alpha value is -0.730. The molecule has 1 aliphatic carbocycles. The second-order valence-corrected chi connectivity index (χ2v) is 6.49. The first-order valence-corrected chi connectivity index (χ1v) is 7.65. The van der Waals surface area contributed by atoms with E-state index in [0.29, 0.717) is 18.0 Å². The van der Waals surface area contributed by atoms with E-state index in [0.717, 1.165) is 31.7 Å². The standard InChI is InChI=1S/C15H28N2O/c1-11-8-9-17(13(3)10-11)15(18)16-14-7-5-4-6-12(14)2/h11-14H,4-10H2,1-3H3,(H,16,18)/t11-,12+,13-,14-/m1/s1. The monoisotopic (exact) mass is 252 g/mol. The molecule has 0 spiro atoms. The lowest BCUT2D eigenvalue weighted by molar-refractivity contribution is 0.131. The summed E-state index contributed by atoms with van der Waals surface area (Å²) in [7, 11) is 0. The minimum Gasteiger partial charge on any atom is -0.335 e. The zero-order valence-electron chi connectivity index (χ0n) is 12.1. The third-order valence-electron chi connectivity index (χ3n) is 4.82. The third kappa shape index (κ3) is 3.18. The fourth-order valence-corrected chi connectivity index (χ4v) is 3.48. The quantitative estimate of drug-likeness (QED) is 0.762. The predicted octanol–water partition coefficient (Wildman–Crippen LogP) is 3.40. The summed E-state index contributed by atoms with van der Waals surface area (Å²) < 4.78 is 0. The summed E-state index contributed by atoms with van der Waals surface area (Å²) in [4.78, 5) is 14.4. The molecule has 1 saturated carbocycles. The van der Waals surface area contributed by atoms with Crippen molar-refractivity contribution >= 4 is 6.03 Å². The van der Waals surface area contributed by atoms with Crippen LogP contribution in [0.15, 0.2) is 0 Å². The number of amides is 2. The number of hydrogen-bond acceptors (Lipinski definition) is 1. The molecule has 2 amide bonds. The van der Waals surface area contributed by atoms with Gasteiger partial charge < -0.3 is 10.2 Å². The molecule has 0 aromatic heterocycles. The van der Waals surface area contributed by atoms with E-state index in [1.807, 2.05) is 4.90 Å². The number of carbonyl (C=O) groups is 1. The van der Waals surface area contributed by atoms with Gasteiger partial charge in [-0.1, -0.05) is 26.7 Å². The van der Waals surface area contributed by atoms with Gasteiger partial charge in [0.05, 0.1) is 0 Å². The number of nitrogens with zero attached hydrogens (tertiary/aromatic N) is 1. The van der Waals surface area contributed by atoms with Crippen molar-refractivity contribution in [2.24, 2.45) is 11.8 Å². The summed E-state index contributed by atoms with van der Waals surface area (Å²) in [5.74, 6) is 1.40. The first-order chi connectivity index (χ1) is 8.58. The molecule has 3 nitrogen and oxygen atoms in total. The molecule has 2 rings (SSSR count). The second-order valence-electron chi connectivity index (χ2n) is 6.49. The van der Waals surface area contributed by atoms with Crippen LogP contribution in [0, 0.1) is 11.8 Å². The number of carbonyl (C=O) groups excluding carboxylic acids is 1. The van der Waals surface area contributed by atoms with E-state index in [4.69, 9.17) is 0 Å². The van der Waals surface area contributed by atoms with E-state index in [-0.39, 0.29) is 6.03 Å². The van der Waals surface area contributed by atoms with Gasteiger partial charge in [-0.15, -0.1) is 0 Å². The maximum absolute atomic E-state index is 12.3. The molecule has 0 aromatic carbocycles. The van der Waals surface area contributed by atoms with Crippen LogP contribution in [-0.2, 0) is 0 Å². The minimum atomic E-state index is 0.174. The largest absolute Gasteiger partial charge is 0.335 e. The lowest BCUT2D eigenvalue weighted by atomic mass is 9.86. The molecule has 0 unspecified atom stereocenters. The van der Waals surface area contributed by atoms with E-state index in [1.165, 1.54) is 19.3 Å². The van der Waals surface area contributed by atoms with Crippen molar-refractivity contribution in [1.29, 1.82) is 0 Å². The number of nitrogens with one attached hydrogen (secondary N) is 1. The Morgan fingerprint density at radius 3 is 2.50 bits per heavy atom. The molecule has 1 N–H and O–H groups in total. The van der Waals surface area contributed by atoms with E-state index in [9.17, 15) is 4.79 Å². The highest BCUT2D eigenvalue weighted by molar-refractivity contribution is 5.75. The van der Waals surface area contributed by atoms with Gasteiger partial charge in [-0.2, -0.15) is 0 Å². The lowest BCUT2D eigenvalue weighted by Crippen LogP contribution is -2.53. The van der Waals surface area contributed by atoms with Crippen molar-refractivity contribution in [2.45, 2.75) is 71.4 Å². The molecule has 2 fully saturated rings. The van der Waals surface area contributed by atoms with Crippen molar-refractivity contribution in [1.82, 2.24) is 10.2 Å². The average molecular weight is 252 g/mol. The topological polar surface area (TPSA) is 32.3 Å². The number of urea groups is 1. The smallest absolute Gasteiger partial charge is 0.317 e. The Labute approximate surface area is 111 Å². The normalized spacial score (nSPS) is 37.4. The molecule has 0 bridgehead atoms. The van der Waals surface area contributed by atoms with Crippen molar-refractivity contribution in [2.75, 3.05) is 6.54 Å². The Morgan fingerprint density at radius 1 is 1.11 bits per heavy atom. The van der Waals surface area contributed by atoms with Crippen LogP contribution in [0.25, 0.3) is 0 Å². The summed E-state index contributed by atoms with van der Waals surface area (Å²) in [5, 5.41) is 3.27. The van der Waals surface area contributed by atoms with Crippen LogP contribution >= 0.6 is 0 Å². The maximum atomic E-state index is 12.3. The van der Waals surface area contributed by atoms with E-state index in [1.54, 1.807) is 0 Å². The molecule has 1 heterocycles. The van der Waals surface area contributed by atoms with Crippen LogP contribution in [0.4, 0.5) is 4.79 Å². The first-order valence-electron chi connectivity index (χ1n) is 7.65. The van der Waals surface area contributed by atoms with Gasteiger partial charge >= 0.3 is 6.03 Å². The van der Waals surface area contributed by atoms with Crippen LogP contribution in [0.2, 0.25) is 0 Å². The molecule has 2 aliphatic rings. The Morgan fingerprint density at radius 2 is 1.83 bits per heavy atom. The average Bonchev–Trinajstić information content (AvgIpc) is 2.32. The molecule has 1 aliphatic heterocycles. The first kappa shape index (κ1) is 13.7. The maximum Gasteiger partial charge on any atom is 0.317 e. The van der Waals surface area contributed by atoms with Crippen molar-refractivity contribution in [3.05, 3.63) is 0 Å². The van der Waals surface area contributed by atoms with Crippen molar-refractivity contribution in [3.8, 4) is 0 Å². The number of rotatable bonds is 1. The number of likely N-dealkylation sites (tertiary alicyclic amines) is 1. The van der Waals surface area contributed by atoms with E-state index >= 15 is 0 Å². The Kier molecular flexibility index (Phi) is 4.52. The summed E-state index contributed by atoms with van der Waals surface area (Å²) in [5.41, 5.74) is 0. The lowest BCUT2D eigenvalue weighted by Gasteiger charge is -2.38. The Balaban J connectivity index is 1.87. The molecule has 3 heteroatoms. The van der Waals surface area contributed by atoms with Crippen molar-refractivity contribution in [3.63, 3.8) is 0 Å². The molecular formula is C15H28N2O. The highest BCUT2D eigenvalue weighted by Gasteiger charge is 2.29. The van der Waals surface area contributed by atoms with Crippen LogP contribution in [0.3, 0.4) is 0 Å². The minimum absolute atomic E-state index is 0.174. The fourth-order valence-electron chi connectivity index (χ4n) is 3.48. The molecule has 0 radical (unpaired) electrons. The SMILES string of the molecule is C[C@@H]1CCN(C(=O)N[C@@H]2CCCC[C@@H]2C)[C@H](C)C1. The van der Waals surface area contributed by atoms with Crippen LogP contribution in [-0.4, -0.2) is 29.6 Å². The number of hydrogen-bond donors (Lipinski definition) is 1. The summed E-state index contributed by atoms with van der Waals surface area (Å²) in [6.07, 6.45) is 7.31. The van der Waals surface area contributed by atoms with Crippen LogP contribution in [0.5, 0.6) is 0 Å². The highest BCUT2D eigenvalue weighted by Crippen LogP contribution is 2.25.